The van der Waals surface area contributed by atoms with Crippen molar-refractivity contribution in [1.82, 2.24) is 9.38 Å². The smallest absolute Gasteiger partial charge is 0.269 e. The maximum absolute atomic E-state index is 12.6. The van der Waals surface area contributed by atoms with Gasteiger partial charge in [-0.2, -0.15) is 0 Å². The number of rotatable bonds is 2. The van der Waals surface area contributed by atoms with E-state index >= 15 is 0 Å². The molecule has 0 spiro atoms. The molecule has 2 aromatic heterocycles. The van der Waals surface area contributed by atoms with Gasteiger partial charge in [-0.15, -0.1) is 0 Å². The van der Waals surface area contributed by atoms with Gasteiger partial charge in [0.15, 0.2) is 0 Å². The molecule has 1 aliphatic heterocycles. The van der Waals surface area contributed by atoms with E-state index in [0.29, 0.717) is 37.8 Å². The zero-order valence-corrected chi connectivity index (χ0v) is 11.7. The molecule has 3 heterocycles. The average Bonchev–Trinajstić information content (AvgIpc) is 2.51. The van der Waals surface area contributed by atoms with Gasteiger partial charge in [0, 0.05) is 19.3 Å². The van der Waals surface area contributed by atoms with Crippen LogP contribution in [0.2, 0.25) is 0 Å². The molecule has 1 saturated heterocycles. The van der Waals surface area contributed by atoms with Crippen molar-refractivity contribution in [1.29, 1.82) is 0 Å². The van der Waals surface area contributed by atoms with Gasteiger partial charge in [0.05, 0.1) is 19.4 Å². The van der Waals surface area contributed by atoms with Crippen molar-refractivity contribution in [3.05, 3.63) is 39.8 Å². The predicted octanol–water partition coefficient (Wildman–Crippen LogP) is 0.648. The maximum atomic E-state index is 12.6. The zero-order chi connectivity index (χ0) is 14.8. The lowest BCUT2D eigenvalue weighted by Gasteiger charge is -2.28. The van der Waals surface area contributed by atoms with Crippen molar-refractivity contribution in [2.24, 2.45) is 5.16 Å². The van der Waals surface area contributed by atoms with E-state index in [2.05, 4.69) is 10.1 Å². The number of ether oxygens (including phenoxy) is 1. The second-order valence-corrected chi connectivity index (χ2v) is 4.93. The van der Waals surface area contributed by atoms with E-state index in [-0.39, 0.29) is 11.1 Å². The Morgan fingerprint density at radius 1 is 1.38 bits per heavy atom. The third-order valence-corrected chi connectivity index (χ3v) is 3.48. The van der Waals surface area contributed by atoms with Crippen molar-refractivity contribution >= 4 is 17.7 Å². The Morgan fingerprint density at radius 2 is 2.14 bits per heavy atom. The van der Waals surface area contributed by atoms with Gasteiger partial charge in [-0.25, -0.2) is 4.98 Å². The molecule has 2 aromatic rings. The van der Waals surface area contributed by atoms with Crippen LogP contribution in [0, 0.1) is 6.92 Å². The van der Waals surface area contributed by atoms with Crippen molar-refractivity contribution < 1.29 is 9.94 Å². The first-order valence-corrected chi connectivity index (χ1v) is 6.74. The van der Waals surface area contributed by atoms with Crippen molar-refractivity contribution in [2.45, 2.75) is 6.92 Å². The lowest BCUT2D eigenvalue weighted by Crippen LogP contribution is -2.39. The fourth-order valence-electron chi connectivity index (χ4n) is 2.43. The standard InChI is InChI=1S/C14H16N4O3/c1-10-2-3-12-16-13(17-4-6-21-7-5-17)11(8-15-20)14(19)18(12)9-10/h2-3,8-9,20H,4-7H2,1H3. The highest BCUT2D eigenvalue weighted by Crippen LogP contribution is 2.16. The molecule has 0 atom stereocenters. The summed E-state index contributed by atoms with van der Waals surface area (Å²) in [6.45, 7) is 4.39. The molecular formula is C14H16N4O3. The fourth-order valence-corrected chi connectivity index (χ4v) is 2.43. The number of fused-ring (bicyclic) bond motifs is 1. The predicted molar refractivity (Wildman–Crippen MR) is 78.6 cm³/mol. The molecule has 1 fully saturated rings. The van der Waals surface area contributed by atoms with E-state index in [4.69, 9.17) is 9.94 Å². The monoisotopic (exact) mass is 288 g/mol. The second-order valence-electron chi connectivity index (χ2n) is 4.93. The van der Waals surface area contributed by atoms with E-state index in [1.807, 2.05) is 17.9 Å². The van der Waals surface area contributed by atoms with Gasteiger partial charge in [0.1, 0.15) is 17.0 Å². The van der Waals surface area contributed by atoms with Crippen LogP contribution in [-0.4, -0.2) is 47.1 Å². The third kappa shape index (κ3) is 2.47. The topological polar surface area (TPSA) is 79.4 Å². The first-order chi connectivity index (χ1) is 10.2. The van der Waals surface area contributed by atoms with Crippen molar-refractivity contribution in [2.75, 3.05) is 31.2 Å². The Morgan fingerprint density at radius 3 is 2.86 bits per heavy atom. The molecule has 0 saturated carbocycles. The zero-order valence-electron chi connectivity index (χ0n) is 11.7. The molecule has 7 nitrogen and oxygen atoms in total. The molecule has 0 amide bonds. The minimum Gasteiger partial charge on any atom is -0.411 e. The van der Waals surface area contributed by atoms with E-state index in [0.717, 1.165) is 11.8 Å². The maximum Gasteiger partial charge on any atom is 0.269 e. The molecule has 0 aromatic carbocycles. The molecule has 1 aliphatic rings. The second kappa shape index (κ2) is 5.53. The third-order valence-electron chi connectivity index (χ3n) is 3.48. The summed E-state index contributed by atoms with van der Waals surface area (Å²) in [6.07, 6.45) is 2.87. The summed E-state index contributed by atoms with van der Waals surface area (Å²) in [7, 11) is 0. The summed E-state index contributed by atoms with van der Waals surface area (Å²) >= 11 is 0. The number of oxime groups is 1. The molecule has 21 heavy (non-hydrogen) atoms. The van der Waals surface area contributed by atoms with Crippen LogP contribution in [0.3, 0.4) is 0 Å². The van der Waals surface area contributed by atoms with Gasteiger partial charge in [0.25, 0.3) is 5.56 Å². The van der Waals surface area contributed by atoms with Crippen molar-refractivity contribution in [3.63, 3.8) is 0 Å². The van der Waals surface area contributed by atoms with Gasteiger partial charge in [-0.05, 0) is 18.6 Å². The molecule has 0 radical (unpaired) electrons. The van der Waals surface area contributed by atoms with Crippen LogP contribution in [0.15, 0.2) is 28.3 Å². The average molecular weight is 288 g/mol. The van der Waals surface area contributed by atoms with Crippen molar-refractivity contribution in [3.8, 4) is 0 Å². The molecule has 1 N–H and O–H groups in total. The van der Waals surface area contributed by atoms with Gasteiger partial charge in [0.2, 0.25) is 0 Å². The summed E-state index contributed by atoms with van der Waals surface area (Å²) < 4.78 is 6.79. The van der Waals surface area contributed by atoms with E-state index in [9.17, 15) is 4.79 Å². The van der Waals surface area contributed by atoms with Crippen LogP contribution < -0.4 is 10.5 Å². The molecule has 0 bridgehead atoms. The number of aryl methyl sites for hydroxylation is 1. The number of pyridine rings is 1. The van der Waals surface area contributed by atoms with Crippen LogP contribution in [0.1, 0.15) is 11.1 Å². The van der Waals surface area contributed by atoms with Gasteiger partial charge in [-0.3, -0.25) is 9.20 Å². The van der Waals surface area contributed by atoms with Crippen LogP contribution >= 0.6 is 0 Å². The Bertz CT molecular complexity index is 748. The Kier molecular flexibility index (Phi) is 3.57. The van der Waals surface area contributed by atoms with Crippen LogP contribution in [-0.2, 0) is 4.74 Å². The highest BCUT2D eigenvalue weighted by Gasteiger charge is 2.19. The quantitative estimate of drug-likeness (QED) is 0.498. The minimum absolute atomic E-state index is 0.247. The van der Waals surface area contributed by atoms with E-state index in [1.165, 1.54) is 4.40 Å². The van der Waals surface area contributed by atoms with Gasteiger partial charge >= 0.3 is 0 Å². The van der Waals surface area contributed by atoms with Crippen LogP contribution in [0.25, 0.3) is 5.65 Å². The Hall–Kier alpha value is -2.41. The van der Waals surface area contributed by atoms with Crippen LogP contribution in [0.4, 0.5) is 5.82 Å². The highest BCUT2D eigenvalue weighted by atomic mass is 16.5. The SMILES string of the molecule is Cc1ccc2nc(N3CCOCC3)c(C=NO)c(=O)n2c1. The fraction of sp³-hybridized carbons (Fsp3) is 0.357. The molecule has 3 rings (SSSR count). The van der Waals surface area contributed by atoms with E-state index < -0.39 is 0 Å². The first kappa shape index (κ1) is 13.6. The lowest BCUT2D eigenvalue weighted by molar-refractivity contribution is 0.122. The largest absolute Gasteiger partial charge is 0.411 e. The first-order valence-electron chi connectivity index (χ1n) is 6.74. The molecular weight excluding hydrogens is 272 g/mol. The van der Waals surface area contributed by atoms with Crippen LogP contribution in [0.5, 0.6) is 0 Å². The number of hydrogen-bond acceptors (Lipinski definition) is 6. The summed E-state index contributed by atoms with van der Waals surface area (Å²) in [6, 6.07) is 3.71. The molecule has 0 unspecified atom stereocenters. The highest BCUT2D eigenvalue weighted by molar-refractivity contribution is 5.86. The summed E-state index contributed by atoms with van der Waals surface area (Å²) in [5.41, 5.74) is 1.56. The number of nitrogens with zero attached hydrogens (tertiary/aromatic N) is 4. The Labute approximate surface area is 121 Å². The molecule has 0 aliphatic carbocycles. The number of aromatic nitrogens is 2. The number of hydrogen-bond donors (Lipinski definition) is 1. The van der Waals surface area contributed by atoms with E-state index in [1.54, 1.807) is 12.3 Å². The number of anilines is 1. The summed E-state index contributed by atoms with van der Waals surface area (Å²) in [5, 5.41) is 11.9. The Balaban J connectivity index is 2.24. The minimum atomic E-state index is -0.247. The summed E-state index contributed by atoms with van der Waals surface area (Å²) in [5.74, 6) is 0.532. The summed E-state index contributed by atoms with van der Waals surface area (Å²) in [4.78, 5) is 19.1. The lowest BCUT2D eigenvalue weighted by atomic mass is 10.2. The van der Waals surface area contributed by atoms with Gasteiger partial charge < -0.3 is 14.8 Å². The molecule has 110 valence electrons. The normalized spacial score (nSPS) is 16.0. The number of morpholine rings is 1. The van der Waals surface area contributed by atoms with Gasteiger partial charge in [-0.1, -0.05) is 11.2 Å². The molecule has 7 heteroatoms.